The molecular formula is C22H24FN3O4S2. The van der Waals surface area contributed by atoms with Crippen molar-refractivity contribution in [2.45, 2.75) is 44.2 Å². The number of amides is 1. The third-order valence-corrected chi connectivity index (χ3v) is 7.37. The Kier molecular flexibility index (Phi) is 7.68. The number of aromatic amines is 1. The van der Waals surface area contributed by atoms with Crippen LogP contribution in [-0.2, 0) is 20.1 Å². The number of rotatable bonds is 8. The van der Waals surface area contributed by atoms with Gasteiger partial charge in [-0.25, -0.2) is 9.37 Å². The molecule has 0 spiro atoms. The van der Waals surface area contributed by atoms with Crippen LogP contribution in [0.25, 0.3) is 10.2 Å². The number of H-pyrrole nitrogens is 1. The summed E-state index contributed by atoms with van der Waals surface area (Å²) < 4.78 is 18.0. The summed E-state index contributed by atoms with van der Waals surface area (Å²) in [4.78, 5) is 46.0. The predicted molar refractivity (Wildman–Crippen MR) is 124 cm³/mol. The fourth-order valence-corrected chi connectivity index (χ4v) is 4.95. The molecule has 2 atom stereocenters. The molecule has 2 unspecified atom stereocenters. The maximum absolute atomic E-state index is 13.3. The minimum Gasteiger partial charge on any atom is -0.469 e. The lowest BCUT2D eigenvalue weighted by molar-refractivity contribution is -0.141. The molecule has 0 saturated carbocycles. The molecule has 3 rings (SSSR count). The number of methoxy groups -OCH3 is 1. The van der Waals surface area contributed by atoms with E-state index in [0.29, 0.717) is 27.4 Å². The summed E-state index contributed by atoms with van der Waals surface area (Å²) in [7, 11) is 1.27. The van der Waals surface area contributed by atoms with Crippen molar-refractivity contribution in [1.82, 2.24) is 15.3 Å². The summed E-state index contributed by atoms with van der Waals surface area (Å²) in [6.07, 6.45) is -0.0755. The van der Waals surface area contributed by atoms with E-state index in [-0.39, 0.29) is 17.9 Å². The molecular weight excluding hydrogens is 453 g/mol. The topological polar surface area (TPSA) is 101 Å². The molecule has 2 aromatic heterocycles. The van der Waals surface area contributed by atoms with Gasteiger partial charge < -0.3 is 15.0 Å². The Morgan fingerprint density at radius 3 is 2.62 bits per heavy atom. The molecule has 0 aliphatic carbocycles. The molecule has 32 heavy (non-hydrogen) atoms. The summed E-state index contributed by atoms with van der Waals surface area (Å²) in [6.45, 7) is 5.58. The zero-order valence-corrected chi connectivity index (χ0v) is 19.8. The van der Waals surface area contributed by atoms with Crippen LogP contribution in [0.1, 0.15) is 41.2 Å². The SMILES string of the molecule is COC(=O)CC(NC(=O)C(C)SCc1nc2sc(C)c(C)c2c(=O)[nH]1)c1ccc(F)cc1. The molecule has 0 aliphatic heterocycles. The van der Waals surface area contributed by atoms with Crippen molar-refractivity contribution < 1.29 is 18.7 Å². The Morgan fingerprint density at radius 2 is 1.97 bits per heavy atom. The molecule has 7 nitrogen and oxygen atoms in total. The molecule has 0 aliphatic rings. The average molecular weight is 478 g/mol. The fourth-order valence-electron chi connectivity index (χ4n) is 3.13. The van der Waals surface area contributed by atoms with E-state index >= 15 is 0 Å². The number of fused-ring (bicyclic) bond motifs is 1. The van der Waals surface area contributed by atoms with Crippen molar-refractivity contribution >= 4 is 45.2 Å². The van der Waals surface area contributed by atoms with Crippen LogP contribution in [0, 0.1) is 19.7 Å². The molecule has 3 aromatic rings. The zero-order chi connectivity index (χ0) is 23.4. The van der Waals surface area contributed by atoms with Crippen LogP contribution >= 0.6 is 23.1 Å². The van der Waals surface area contributed by atoms with Gasteiger partial charge in [0.25, 0.3) is 5.56 Å². The summed E-state index contributed by atoms with van der Waals surface area (Å²) in [6, 6.07) is 4.95. The first-order valence-electron chi connectivity index (χ1n) is 9.92. The van der Waals surface area contributed by atoms with Gasteiger partial charge in [0.15, 0.2) is 0 Å². The van der Waals surface area contributed by atoms with E-state index in [1.54, 1.807) is 6.92 Å². The van der Waals surface area contributed by atoms with Crippen molar-refractivity contribution in [3.8, 4) is 0 Å². The van der Waals surface area contributed by atoms with Crippen LogP contribution in [0.5, 0.6) is 0 Å². The highest BCUT2D eigenvalue weighted by Crippen LogP contribution is 2.27. The number of nitrogens with zero attached hydrogens (tertiary/aromatic N) is 1. The standard InChI is InChI=1S/C22H24FN3O4S2/c1-11-12(2)32-22-19(11)21(29)25-17(26-22)10-31-13(3)20(28)24-16(9-18(27)30-4)14-5-7-15(23)8-6-14/h5-8,13,16H,9-10H2,1-4H3,(H,24,28)(H,25,26,29). The van der Waals surface area contributed by atoms with Crippen LogP contribution < -0.4 is 10.9 Å². The first-order valence-corrected chi connectivity index (χ1v) is 11.8. The lowest BCUT2D eigenvalue weighted by Crippen LogP contribution is -2.35. The van der Waals surface area contributed by atoms with Crippen molar-refractivity contribution in [2.24, 2.45) is 0 Å². The second-order valence-electron chi connectivity index (χ2n) is 7.32. The number of aromatic nitrogens is 2. The smallest absolute Gasteiger partial charge is 0.307 e. The second kappa shape index (κ2) is 10.3. The number of benzene rings is 1. The van der Waals surface area contributed by atoms with Crippen LogP contribution in [0.4, 0.5) is 4.39 Å². The summed E-state index contributed by atoms with van der Waals surface area (Å²) in [5.74, 6) is -0.349. The monoisotopic (exact) mass is 477 g/mol. The number of ether oxygens (including phenoxy) is 1. The van der Waals surface area contributed by atoms with Crippen LogP contribution in [0.2, 0.25) is 0 Å². The van der Waals surface area contributed by atoms with Gasteiger partial charge in [0.2, 0.25) is 5.91 Å². The Balaban J connectivity index is 1.68. The third-order valence-electron chi connectivity index (χ3n) is 5.11. The van der Waals surface area contributed by atoms with Gasteiger partial charge in [-0.2, -0.15) is 0 Å². The quantitative estimate of drug-likeness (QED) is 0.479. The van der Waals surface area contributed by atoms with E-state index in [9.17, 15) is 18.8 Å². The fraction of sp³-hybridized carbons (Fsp3) is 0.364. The maximum atomic E-state index is 13.3. The lowest BCUT2D eigenvalue weighted by Gasteiger charge is -2.20. The average Bonchev–Trinajstić information content (AvgIpc) is 3.05. The van der Waals surface area contributed by atoms with Crippen molar-refractivity contribution in [3.05, 3.63) is 62.3 Å². The van der Waals surface area contributed by atoms with E-state index < -0.39 is 23.1 Å². The Morgan fingerprint density at radius 1 is 1.28 bits per heavy atom. The van der Waals surface area contributed by atoms with Crippen molar-refractivity contribution in [2.75, 3.05) is 7.11 Å². The van der Waals surface area contributed by atoms with E-state index in [2.05, 4.69) is 15.3 Å². The molecule has 170 valence electrons. The van der Waals surface area contributed by atoms with E-state index in [1.165, 1.54) is 54.5 Å². The van der Waals surface area contributed by atoms with Gasteiger partial charge in [-0.05, 0) is 44.0 Å². The number of hydrogen-bond donors (Lipinski definition) is 2. The third kappa shape index (κ3) is 5.55. The first kappa shape index (κ1) is 23.9. The number of nitrogens with one attached hydrogen (secondary N) is 2. The summed E-state index contributed by atoms with van der Waals surface area (Å²) >= 11 is 2.79. The van der Waals surface area contributed by atoms with Gasteiger partial charge in [-0.15, -0.1) is 23.1 Å². The number of carbonyl (C=O) groups excluding carboxylic acids is 2. The molecule has 0 fully saturated rings. The number of thiophene rings is 1. The first-order chi connectivity index (χ1) is 15.2. The largest absolute Gasteiger partial charge is 0.469 e. The normalized spacial score (nSPS) is 13.0. The van der Waals surface area contributed by atoms with Gasteiger partial charge in [-0.1, -0.05) is 12.1 Å². The number of carbonyl (C=O) groups is 2. The molecule has 1 amide bonds. The van der Waals surface area contributed by atoms with Gasteiger partial charge in [0.05, 0.1) is 36.0 Å². The predicted octanol–water partition coefficient (Wildman–Crippen LogP) is 3.78. The van der Waals surface area contributed by atoms with E-state index in [4.69, 9.17) is 4.74 Å². The van der Waals surface area contributed by atoms with E-state index in [1.807, 2.05) is 13.8 Å². The molecule has 0 saturated heterocycles. The van der Waals surface area contributed by atoms with Gasteiger partial charge >= 0.3 is 5.97 Å². The summed E-state index contributed by atoms with van der Waals surface area (Å²) in [5.41, 5.74) is 1.35. The van der Waals surface area contributed by atoms with E-state index in [0.717, 1.165) is 10.4 Å². The van der Waals surface area contributed by atoms with Crippen LogP contribution in [-0.4, -0.2) is 34.2 Å². The van der Waals surface area contributed by atoms with Gasteiger partial charge in [0.1, 0.15) is 16.5 Å². The molecule has 2 heterocycles. The molecule has 1 aromatic carbocycles. The minimum absolute atomic E-state index is 0.0755. The van der Waals surface area contributed by atoms with Crippen LogP contribution in [0.15, 0.2) is 29.1 Å². The van der Waals surface area contributed by atoms with Gasteiger partial charge in [-0.3, -0.25) is 14.4 Å². The molecule has 2 N–H and O–H groups in total. The summed E-state index contributed by atoms with van der Waals surface area (Å²) in [5, 5.41) is 2.96. The number of halogens is 1. The molecule has 10 heteroatoms. The minimum atomic E-state index is -0.648. The highest BCUT2D eigenvalue weighted by molar-refractivity contribution is 7.99. The highest BCUT2D eigenvalue weighted by atomic mass is 32.2. The molecule has 0 bridgehead atoms. The Bertz CT molecular complexity index is 1190. The number of esters is 1. The number of thioether (sulfide) groups is 1. The Labute approximate surface area is 192 Å². The second-order valence-corrected chi connectivity index (χ2v) is 9.85. The molecule has 0 radical (unpaired) electrons. The number of hydrogen-bond acceptors (Lipinski definition) is 7. The van der Waals surface area contributed by atoms with Gasteiger partial charge in [0, 0.05) is 4.88 Å². The lowest BCUT2D eigenvalue weighted by atomic mass is 10.0. The van der Waals surface area contributed by atoms with Crippen LogP contribution in [0.3, 0.4) is 0 Å². The van der Waals surface area contributed by atoms with Crippen molar-refractivity contribution in [3.63, 3.8) is 0 Å². The van der Waals surface area contributed by atoms with Crippen molar-refractivity contribution in [1.29, 1.82) is 0 Å². The number of aryl methyl sites for hydroxylation is 2. The highest BCUT2D eigenvalue weighted by Gasteiger charge is 2.23. The maximum Gasteiger partial charge on any atom is 0.307 e. The Hall–Kier alpha value is -2.72. The zero-order valence-electron chi connectivity index (χ0n) is 18.2.